The molecule has 0 spiro atoms. The number of rotatable bonds is 5. The molecule has 3 nitrogen and oxygen atoms in total. The van der Waals surface area contributed by atoms with E-state index >= 15 is 0 Å². The van der Waals surface area contributed by atoms with E-state index < -0.39 is 0 Å². The van der Waals surface area contributed by atoms with Gasteiger partial charge in [-0.3, -0.25) is 4.90 Å². The molecule has 0 amide bonds. The van der Waals surface area contributed by atoms with Crippen molar-refractivity contribution >= 4 is 5.69 Å². The minimum absolute atomic E-state index is 0.693. The van der Waals surface area contributed by atoms with Crippen molar-refractivity contribution in [2.24, 2.45) is 0 Å². The number of benzene rings is 2. The molecule has 0 bridgehead atoms. The van der Waals surface area contributed by atoms with Crippen LogP contribution < -0.4 is 5.73 Å². The van der Waals surface area contributed by atoms with Crippen LogP contribution in [-0.4, -0.2) is 24.6 Å². The topological polar surface area (TPSA) is 38.5 Å². The maximum atomic E-state index is 6.03. The lowest BCUT2D eigenvalue weighted by molar-refractivity contribution is 0.0886. The van der Waals surface area contributed by atoms with Crippen molar-refractivity contribution in [3.63, 3.8) is 0 Å². The highest BCUT2D eigenvalue weighted by Crippen LogP contribution is 2.23. The zero-order valence-corrected chi connectivity index (χ0v) is 12.3. The molecule has 21 heavy (non-hydrogen) atoms. The zero-order chi connectivity index (χ0) is 14.5. The highest BCUT2D eigenvalue weighted by Gasteiger charge is 2.17. The van der Waals surface area contributed by atoms with Crippen LogP contribution in [0.2, 0.25) is 0 Å². The summed E-state index contributed by atoms with van der Waals surface area (Å²) in [6, 6.07) is 16.5. The summed E-state index contributed by atoms with van der Waals surface area (Å²) in [4.78, 5) is 2.44. The molecule has 0 saturated heterocycles. The Morgan fingerprint density at radius 2 is 1.90 bits per heavy atom. The van der Waals surface area contributed by atoms with Crippen LogP contribution in [0.15, 0.2) is 48.5 Å². The molecule has 3 rings (SSSR count). The van der Waals surface area contributed by atoms with Crippen molar-refractivity contribution in [1.82, 2.24) is 4.90 Å². The smallest absolute Gasteiger partial charge is 0.0717 e. The van der Waals surface area contributed by atoms with E-state index in [0.29, 0.717) is 6.61 Å². The number of hydrogen-bond donors (Lipinski definition) is 1. The van der Waals surface area contributed by atoms with Crippen LogP contribution in [-0.2, 0) is 24.3 Å². The third-order valence-electron chi connectivity index (χ3n) is 4.04. The fourth-order valence-corrected chi connectivity index (χ4v) is 2.85. The first-order valence-corrected chi connectivity index (χ1v) is 7.53. The number of ether oxygens (including phenoxy) is 1. The number of nitrogens with two attached hydrogens (primary N) is 1. The van der Waals surface area contributed by atoms with Gasteiger partial charge in [-0.2, -0.15) is 0 Å². The first kappa shape index (κ1) is 14.1. The van der Waals surface area contributed by atoms with E-state index in [1.807, 2.05) is 30.3 Å². The van der Waals surface area contributed by atoms with E-state index in [9.17, 15) is 0 Å². The van der Waals surface area contributed by atoms with Crippen molar-refractivity contribution < 1.29 is 4.74 Å². The lowest BCUT2D eigenvalue weighted by Crippen LogP contribution is -2.33. The SMILES string of the molecule is Nc1cccc2c1CCN(CCOCc1ccccc1)C2. The molecule has 2 aromatic rings. The monoisotopic (exact) mass is 282 g/mol. The summed E-state index contributed by atoms with van der Waals surface area (Å²) in [5.74, 6) is 0. The Kier molecular flexibility index (Phi) is 4.53. The summed E-state index contributed by atoms with van der Waals surface area (Å²) in [5.41, 5.74) is 10.9. The largest absolute Gasteiger partial charge is 0.398 e. The van der Waals surface area contributed by atoms with Crippen molar-refractivity contribution in [2.45, 2.75) is 19.6 Å². The normalized spacial score (nSPS) is 14.9. The molecular weight excluding hydrogens is 260 g/mol. The van der Waals surface area contributed by atoms with Crippen LogP contribution in [0.3, 0.4) is 0 Å². The lowest BCUT2D eigenvalue weighted by atomic mass is 9.98. The molecule has 0 aromatic heterocycles. The first-order chi connectivity index (χ1) is 10.3. The molecule has 0 radical (unpaired) electrons. The maximum Gasteiger partial charge on any atom is 0.0717 e. The molecule has 110 valence electrons. The highest BCUT2D eigenvalue weighted by molar-refractivity contribution is 5.51. The second-order valence-corrected chi connectivity index (χ2v) is 5.55. The number of fused-ring (bicyclic) bond motifs is 1. The van der Waals surface area contributed by atoms with Crippen LogP contribution >= 0.6 is 0 Å². The van der Waals surface area contributed by atoms with E-state index in [-0.39, 0.29) is 0 Å². The Labute approximate surface area is 126 Å². The molecule has 1 aliphatic rings. The molecular formula is C18H22N2O. The van der Waals surface area contributed by atoms with Gasteiger partial charge in [-0.1, -0.05) is 42.5 Å². The predicted octanol–water partition coefficient (Wildman–Crippen LogP) is 2.84. The predicted molar refractivity (Wildman–Crippen MR) is 85.9 cm³/mol. The molecule has 0 aliphatic carbocycles. The second kappa shape index (κ2) is 6.74. The quantitative estimate of drug-likeness (QED) is 0.677. The second-order valence-electron chi connectivity index (χ2n) is 5.55. The maximum absolute atomic E-state index is 6.03. The minimum Gasteiger partial charge on any atom is -0.398 e. The van der Waals surface area contributed by atoms with Crippen LogP contribution in [0, 0.1) is 0 Å². The van der Waals surface area contributed by atoms with Crippen LogP contribution in [0.5, 0.6) is 0 Å². The summed E-state index contributed by atoms with van der Waals surface area (Å²) in [5, 5.41) is 0. The molecule has 3 heteroatoms. The molecule has 0 fully saturated rings. The van der Waals surface area contributed by atoms with Crippen molar-refractivity contribution in [2.75, 3.05) is 25.4 Å². The van der Waals surface area contributed by atoms with Gasteiger partial charge in [-0.25, -0.2) is 0 Å². The first-order valence-electron chi connectivity index (χ1n) is 7.53. The van der Waals surface area contributed by atoms with Gasteiger partial charge >= 0.3 is 0 Å². The molecule has 2 N–H and O–H groups in total. The minimum atomic E-state index is 0.693. The van der Waals surface area contributed by atoms with Gasteiger partial charge in [0, 0.05) is 25.3 Å². The summed E-state index contributed by atoms with van der Waals surface area (Å²) < 4.78 is 5.77. The third-order valence-corrected chi connectivity index (χ3v) is 4.04. The van der Waals surface area contributed by atoms with E-state index in [1.165, 1.54) is 16.7 Å². The van der Waals surface area contributed by atoms with Gasteiger partial charge in [-0.05, 0) is 29.2 Å². The number of nitrogens with zero attached hydrogens (tertiary/aromatic N) is 1. The number of anilines is 1. The van der Waals surface area contributed by atoms with Crippen molar-refractivity contribution in [3.05, 3.63) is 65.2 Å². The summed E-state index contributed by atoms with van der Waals surface area (Å²) >= 11 is 0. The Bertz CT molecular complexity index is 583. The highest BCUT2D eigenvalue weighted by atomic mass is 16.5. The van der Waals surface area contributed by atoms with Gasteiger partial charge in [0.25, 0.3) is 0 Å². The number of nitrogen functional groups attached to an aromatic ring is 1. The molecule has 1 heterocycles. The fraction of sp³-hybridized carbons (Fsp3) is 0.333. The van der Waals surface area contributed by atoms with Gasteiger partial charge < -0.3 is 10.5 Å². The average Bonchev–Trinajstić information content (AvgIpc) is 2.53. The van der Waals surface area contributed by atoms with Gasteiger partial charge in [0.2, 0.25) is 0 Å². The average molecular weight is 282 g/mol. The van der Waals surface area contributed by atoms with Crippen LogP contribution in [0.1, 0.15) is 16.7 Å². The molecule has 0 saturated carbocycles. The van der Waals surface area contributed by atoms with Crippen molar-refractivity contribution in [1.29, 1.82) is 0 Å². The van der Waals surface area contributed by atoms with Gasteiger partial charge in [0.15, 0.2) is 0 Å². The Morgan fingerprint density at radius 3 is 2.76 bits per heavy atom. The lowest BCUT2D eigenvalue weighted by Gasteiger charge is -2.29. The van der Waals surface area contributed by atoms with Gasteiger partial charge in [0.1, 0.15) is 0 Å². The zero-order valence-electron chi connectivity index (χ0n) is 12.3. The summed E-state index contributed by atoms with van der Waals surface area (Å²) in [6.45, 7) is 4.48. The van der Waals surface area contributed by atoms with E-state index in [2.05, 4.69) is 23.1 Å². The molecule has 0 unspecified atom stereocenters. The Balaban J connectivity index is 1.45. The third kappa shape index (κ3) is 3.63. The standard InChI is InChI=1S/C18H22N2O/c19-18-8-4-7-16-13-20(10-9-17(16)18)11-12-21-14-15-5-2-1-3-6-15/h1-8H,9-14,19H2. The van der Waals surface area contributed by atoms with Crippen molar-refractivity contribution in [3.8, 4) is 0 Å². The Morgan fingerprint density at radius 1 is 1.05 bits per heavy atom. The Hall–Kier alpha value is -1.84. The van der Waals surface area contributed by atoms with E-state index in [4.69, 9.17) is 10.5 Å². The molecule has 2 aromatic carbocycles. The van der Waals surface area contributed by atoms with Gasteiger partial charge in [0.05, 0.1) is 13.2 Å². The molecule has 1 aliphatic heterocycles. The summed E-state index contributed by atoms with van der Waals surface area (Å²) in [7, 11) is 0. The summed E-state index contributed by atoms with van der Waals surface area (Å²) in [6.07, 6.45) is 1.04. The van der Waals surface area contributed by atoms with Crippen LogP contribution in [0.25, 0.3) is 0 Å². The fourth-order valence-electron chi connectivity index (χ4n) is 2.85. The van der Waals surface area contributed by atoms with Crippen LogP contribution in [0.4, 0.5) is 5.69 Å². The van der Waals surface area contributed by atoms with E-state index in [0.717, 1.165) is 38.3 Å². The number of hydrogen-bond acceptors (Lipinski definition) is 3. The van der Waals surface area contributed by atoms with E-state index in [1.54, 1.807) is 0 Å². The molecule has 0 atom stereocenters. The van der Waals surface area contributed by atoms with Gasteiger partial charge in [-0.15, -0.1) is 0 Å².